The van der Waals surface area contributed by atoms with Gasteiger partial charge in [-0.05, 0) is 37.9 Å². The molecule has 1 aliphatic heterocycles. The quantitative estimate of drug-likeness (QED) is 0.371. The second-order valence-electron chi connectivity index (χ2n) is 10.1. The molecule has 7 nitrogen and oxygen atoms in total. The zero-order chi connectivity index (χ0) is 20.6. The molecule has 1 spiro atoms. The molecule has 8 heteroatoms. The summed E-state index contributed by atoms with van der Waals surface area (Å²) >= 11 is 0. The predicted molar refractivity (Wildman–Crippen MR) is 101 cm³/mol. The predicted octanol–water partition coefficient (Wildman–Crippen LogP) is 1.34. The van der Waals surface area contributed by atoms with Gasteiger partial charge in [0.2, 0.25) is 0 Å². The Kier molecular flexibility index (Phi) is 4.71. The van der Waals surface area contributed by atoms with Gasteiger partial charge in [-0.15, -0.1) is 0 Å². The fraction of sp³-hybridized carbons (Fsp3) is 0.947. The third kappa shape index (κ3) is 2.53. The van der Waals surface area contributed by atoms with Crippen LogP contribution < -0.4 is 0 Å². The number of ether oxygens (including phenoxy) is 2. The molecule has 2 aliphatic carbocycles. The van der Waals surface area contributed by atoms with Crippen LogP contribution in [-0.2, 0) is 18.7 Å². The molecule has 156 valence electrons. The molecule has 27 heavy (non-hydrogen) atoms. The smallest absolute Gasteiger partial charge is 0.320 e. The number of aliphatic hydroxyl groups is 3. The van der Waals surface area contributed by atoms with E-state index < -0.39 is 55.3 Å². The zero-order valence-electron chi connectivity index (χ0n) is 17.4. The van der Waals surface area contributed by atoms with E-state index >= 15 is 0 Å². The van der Waals surface area contributed by atoms with Crippen LogP contribution in [-0.4, -0.2) is 72.3 Å². The van der Waals surface area contributed by atoms with Gasteiger partial charge in [-0.3, -0.25) is 4.79 Å². The molecule has 0 radical (unpaired) electrons. The van der Waals surface area contributed by atoms with Crippen molar-refractivity contribution in [3.05, 3.63) is 0 Å². The Morgan fingerprint density at radius 1 is 1.26 bits per heavy atom. The van der Waals surface area contributed by atoms with Gasteiger partial charge >= 0.3 is 5.97 Å². The highest BCUT2D eigenvalue weighted by Gasteiger charge is 2.88. The highest BCUT2D eigenvalue weighted by atomic mass is 28.4. The van der Waals surface area contributed by atoms with Crippen LogP contribution in [0.15, 0.2) is 0 Å². The topological polar surface area (TPSA) is 109 Å². The molecular weight excluding hydrogens is 368 g/mol. The van der Waals surface area contributed by atoms with E-state index in [0.29, 0.717) is 0 Å². The standard InChI is InChI=1S/C19H34O7Si/c1-16(2,3)27(6,7)26-13-10-11(20)14-19(25-14)17(4,23)9-8-12(21)18(13,19)15(22)24-5/h11-14,20-21,23H,8-10H2,1-7H3/t11-,12+,13-,14-,17+,18+,19+/m1/s1. The van der Waals surface area contributed by atoms with Crippen molar-refractivity contribution in [2.75, 3.05) is 7.11 Å². The second kappa shape index (κ2) is 6.00. The molecule has 0 unspecified atom stereocenters. The molecule has 3 N–H and O–H groups in total. The normalized spacial score (nSPS) is 47.0. The Morgan fingerprint density at radius 3 is 2.37 bits per heavy atom. The Morgan fingerprint density at radius 2 is 1.85 bits per heavy atom. The van der Waals surface area contributed by atoms with Crippen LogP contribution in [0.4, 0.5) is 0 Å². The van der Waals surface area contributed by atoms with Gasteiger partial charge in [-0.1, -0.05) is 20.8 Å². The van der Waals surface area contributed by atoms with Crippen LogP contribution in [0.25, 0.3) is 0 Å². The molecule has 0 aromatic rings. The average molecular weight is 403 g/mol. The third-order valence-electron chi connectivity index (χ3n) is 7.58. The maximum absolute atomic E-state index is 13.2. The van der Waals surface area contributed by atoms with Gasteiger partial charge < -0.3 is 29.2 Å². The van der Waals surface area contributed by atoms with Gasteiger partial charge in [0, 0.05) is 6.42 Å². The van der Waals surface area contributed by atoms with Crippen LogP contribution in [0.3, 0.4) is 0 Å². The number of esters is 1. The van der Waals surface area contributed by atoms with Crippen LogP contribution in [0.5, 0.6) is 0 Å². The first kappa shape index (κ1) is 21.2. The van der Waals surface area contributed by atoms with Gasteiger partial charge in [-0.2, -0.15) is 0 Å². The highest BCUT2D eigenvalue weighted by molar-refractivity contribution is 6.74. The van der Waals surface area contributed by atoms with Gasteiger partial charge in [-0.25, -0.2) is 0 Å². The van der Waals surface area contributed by atoms with Crippen molar-refractivity contribution in [3.63, 3.8) is 0 Å². The summed E-state index contributed by atoms with van der Waals surface area (Å²) in [5, 5.41) is 32.8. The van der Waals surface area contributed by atoms with Crippen LogP contribution >= 0.6 is 0 Å². The van der Waals surface area contributed by atoms with Crippen molar-refractivity contribution in [2.45, 2.75) is 101 Å². The van der Waals surface area contributed by atoms with E-state index in [0.717, 1.165) is 0 Å². The summed E-state index contributed by atoms with van der Waals surface area (Å²) in [7, 11) is -1.09. The molecule has 0 aromatic heterocycles. The molecule has 0 amide bonds. The molecule has 3 rings (SSSR count). The van der Waals surface area contributed by atoms with Gasteiger partial charge in [0.1, 0.15) is 11.7 Å². The van der Waals surface area contributed by atoms with Gasteiger partial charge in [0.25, 0.3) is 0 Å². The maximum Gasteiger partial charge on any atom is 0.320 e. The molecule has 2 saturated carbocycles. The van der Waals surface area contributed by atoms with Crippen molar-refractivity contribution in [3.8, 4) is 0 Å². The van der Waals surface area contributed by atoms with Crippen LogP contribution in [0, 0.1) is 5.41 Å². The SMILES string of the molecule is COC(=O)[C@@]12[C@@H](O)CC[C@](C)(O)[C@]13O[C@@H]3[C@H](O)C[C@H]2O[Si](C)(C)C(C)(C)C. The molecule has 1 saturated heterocycles. The number of hydrogen-bond acceptors (Lipinski definition) is 7. The molecule has 7 atom stereocenters. The largest absolute Gasteiger partial charge is 0.468 e. The Balaban J connectivity index is 2.16. The van der Waals surface area contributed by atoms with E-state index in [9.17, 15) is 20.1 Å². The summed E-state index contributed by atoms with van der Waals surface area (Å²) in [6.07, 6.45) is -2.84. The van der Waals surface area contributed by atoms with E-state index in [-0.39, 0.29) is 24.3 Å². The van der Waals surface area contributed by atoms with E-state index in [1.165, 1.54) is 7.11 Å². The summed E-state index contributed by atoms with van der Waals surface area (Å²) in [5.74, 6) is -0.645. The molecular formula is C19H34O7Si. The number of methoxy groups -OCH3 is 1. The maximum atomic E-state index is 13.2. The molecule has 0 aromatic carbocycles. The summed E-state index contributed by atoms with van der Waals surface area (Å²) in [4.78, 5) is 13.2. The monoisotopic (exact) mass is 402 g/mol. The summed E-state index contributed by atoms with van der Waals surface area (Å²) in [6.45, 7) is 12.0. The van der Waals surface area contributed by atoms with E-state index in [4.69, 9.17) is 13.9 Å². The van der Waals surface area contributed by atoms with Crippen molar-refractivity contribution >= 4 is 14.3 Å². The van der Waals surface area contributed by atoms with Gasteiger partial charge in [0.15, 0.2) is 13.7 Å². The summed E-state index contributed by atoms with van der Waals surface area (Å²) < 4.78 is 17.6. The zero-order valence-corrected chi connectivity index (χ0v) is 18.4. The van der Waals surface area contributed by atoms with E-state index in [1.54, 1.807) is 6.92 Å². The first-order valence-electron chi connectivity index (χ1n) is 9.71. The third-order valence-corrected chi connectivity index (χ3v) is 12.1. The first-order valence-corrected chi connectivity index (χ1v) is 12.6. The first-order chi connectivity index (χ1) is 12.2. The number of epoxide rings is 1. The highest BCUT2D eigenvalue weighted by Crippen LogP contribution is 2.69. The molecule has 3 aliphatic rings. The van der Waals surface area contributed by atoms with Gasteiger partial charge in [0.05, 0.1) is 31.0 Å². The Hall–Kier alpha value is -0.513. The second-order valence-corrected chi connectivity index (χ2v) is 14.9. The van der Waals surface area contributed by atoms with Crippen molar-refractivity contribution in [1.82, 2.24) is 0 Å². The minimum absolute atomic E-state index is 0.133. The lowest BCUT2D eigenvalue weighted by Crippen LogP contribution is -2.75. The summed E-state index contributed by atoms with van der Waals surface area (Å²) in [5.41, 5.74) is -4.36. The van der Waals surface area contributed by atoms with Crippen molar-refractivity contribution in [1.29, 1.82) is 0 Å². The van der Waals surface area contributed by atoms with Crippen LogP contribution in [0.2, 0.25) is 18.1 Å². The lowest BCUT2D eigenvalue weighted by Gasteiger charge is -2.57. The lowest BCUT2D eigenvalue weighted by molar-refractivity contribution is -0.229. The average Bonchev–Trinajstić information content (AvgIpc) is 3.28. The van der Waals surface area contributed by atoms with Crippen molar-refractivity contribution < 1.29 is 34.0 Å². The fourth-order valence-corrected chi connectivity index (χ4v) is 6.40. The minimum atomic E-state index is -2.36. The lowest BCUT2D eigenvalue weighted by atomic mass is 9.51. The van der Waals surface area contributed by atoms with E-state index in [2.05, 4.69) is 33.9 Å². The van der Waals surface area contributed by atoms with E-state index in [1.807, 2.05) is 0 Å². The number of rotatable bonds is 3. The minimum Gasteiger partial charge on any atom is -0.468 e. The summed E-state index contributed by atoms with van der Waals surface area (Å²) in [6, 6.07) is 0. The molecule has 3 fully saturated rings. The van der Waals surface area contributed by atoms with Crippen LogP contribution in [0.1, 0.15) is 47.0 Å². The molecule has 0 bridgehead atoms. The number of carbonyl (C=O) groups is 1. The Bertz CT molecular complexity index is 628. The molecule has 1 heterocycles. The fourth-order valence-electron chi connectivity index (χ4n) is 5.05. The Labute approximate surface area is 162 Å². The number of carbonyl (C=O) groups excluding carboxylic acids is 1. The number of hydrogen-bond donors (Lipinski definition) is 3. The van der Waals surface area contributed by atoms with Crippen molar-refractivity contribution in [2.24, 2.45) is 5.41 Å². The number of aliphatic hydroxyl groups excluding tert-OH is 2.